The first kappa shape index (κ1) is 14.0. The van der Waals surface area contributed by atoms with Gasteiger partial charge in [-0.2, -0.15) is 0 Å². The lowest BCUT2D eigenvalue weighted by Gasteiger charge is -2.38. The minimum absolute atomic E-state index is 0.720. The van der Waals surface area contributed by atoms with Gasteiger partial charge in [-0.15, -0.1) is 0 Å². The Bertz CT molecular complexity index is 178. The summed E-state index contributed by atoms with van der Waals surface area (Å²) in [6.07, 6.45) is 6.74. The Hall–Kier alpha value is -0.0800. The third kappa shape index (κ3) is 4.06. The van der Waals surface area contributed by atoms with Gasteiger partial charge in [0.1, 0.15) is 0 Å². The van der Waals surface area contributed by atoms with Crippen LogP contribution in [0.5, 0.6) is 0 Å². The zero-order valence-corrected chi connectivity index (χ0v) is 11.6. The van der Waals surface area contributed by atoms with Crippen molar-refractivity contribution in [3.63, 3.8) is 0 Å². The molecule has 1 aliphatic rings. The van der Waals surface area contributed by atoms with Crippen LogP contribution in [0.1, 0.15) is 52.9 Å². The highest BCUT2D eigenvalue weighted by Crippen LogP contribution is 2.23. The molecule has 0 amide bonds. The molecule has 1 aliphatic heterocycles. The number of nitrogens with one attached hydrogen (secondary N) is 1. The van der Waals surface area contributed by atoms with E-state index in [2.05, 4.69) is 38.0 Å². The molecular formula is C14H30N2. The van der Waals surface area contributed by atoms with Crippen molar-refractivity contribution in [2.75, 3.05) is 20.1 Å². The summed E-state index contributed by atoms with van der Waals surface area (Å²) in [5.41, 5.74) is 0. The molecule has 0 aromatic carbocycles. The number of likely N-dealkylation sites (tertiary alicyclic amines) is 1. The van der Waals surface area contributed by atoms with Gasteiger partial charge in [-0.3, -0.25) is 0 Å². The van der Waals surface area contributed by atoms with E-state index in [-0.39, 0.29) is 0 Å². The molecule has 1 saturated heterocycles. The zero-order valence-electron chi connectivity index (χ0n) is 11.6. The van der Waals surface area contributed by atoms with Gasteiger partial charge in [0, 0.05) is 12.1 Å². The van der Waals surface area contributed by atoms with E-state index in [9.17, 15) is 0 Å². The van der Waals surface area contributed by atoms with Crippen LogP contribution in [0.15, 0.2) is 0 Å². The van der Waals surface area contributed by atoms with Gasteiger partial charge in [-0.05, 0) is 65.1 Å². The van der Waals surface area contributed by atoms with Crippen LogP contribution < -0.4 is 5.32 Å². The highest BCUT2D eigenvalue weighted by atomic mass is 15.2. The Morgan fingerprint density at radius 2 is 2.12 bits per heavy atom. The predicted octanol–water partition coefficient (Wildman–Crippen LogP) is 2.89. The van der Waals surface area contributed by atoms with Crippen molar-refractivity contribution in [2.24, 2.45) is 5.92 Å². The van der Waals surface area contributed by atoms with E-state index in [1.54, 1.807) is 0 Å². The lowest BCUT2D eigenvalue weighted by Crippen LogP contribution is -2.43. The number of piperidine rings is 1. The third-order valence-corrected chi connectivity index (χ3v) is 4.40. The molecule has 2 heteroatoms. The van der Waals surface area contributed by atoms with Gasteiger partial charge in [0.2, 0.25) is 0 Å². The molecule has 3 unspecified atom stereocenters. The number of hydrogen-bond donors (Lipinski definition) is 1. The summed E-state index contributed by atoms with van der Waals surface area (Å²) in [6, 6.07) is 1.51. The van der Waals surface area contributed by atoms with E-state index < -0.39 is 0 Å². The fourth-order valence-corrected chi connectivity index (χ4v) is 2.83. The minimum atomic E-state index is 0.720. The molecule has 0 aliphatic carbocycles. The molecular weight excluding hydrogens is 196 g/mol. The van der Waals surface area contributed by atoms with Crippen LogP contribution in [-0.4, -0.2) is 37.1 Å². The molecule has 96 valence electrons. The molecule has 16 heavy (non-hydrogen) atoms. The topological polar surface area (TPSA) is 15.3 Å². The molecule has 0 aromatic rings. The van der Waals surface area contributed by atoms with E-state index in [0.29, 0.717) is 0 Å². The van der Waals surface area contributed by atoms with Crippen molar-refractivity contribution in [3.8, 4) is 0 Å². The summed E-state index contributed by atoms with van der Waals surface area (Å²) in [5.74, 6) is 0.889. The van der Waals surface area contributed by atoms with Gasteiger partial charge in [0.05, 0.1) is 0 Å². The van der Waals surface area contributed by atoms with Crippen molar-refractivity contribution in [2.45, 2.75) is 65.0 Å². The van der Waals surface area contributed by atoms with Crippen molar-refractivity contribution in [3.05, 3.63) is 0 Å². The minimum Gasteiger partial charge on any atom is -0.317 e. The lowest BCUT2D eigenvalue weighted by molar-refractivity contribution is 0.111. The first-order chi connectivity index (χ1) is 7.69. The lowest BCUT2D eigenvalue weighted by atomic mass is 9.92. The Labute approximate surface area is 102 Å². The molecule has 0 spiro atoms. The van der Waals surface area contributed by atoms with Crippen molar-refractivity contribution < 1.29 is 0 Å². The van der Waals surface area contributed by atoms with Crippen molar-refractivity contribution in [1.29, 1.82) is 0 Å². The van der Waals surface area contributed by atoms with Gasteiger partial charge < -0.3 is 10.2 Å². The first-order valence-electron chi connectivity index (χ1n) is 7.10. The Morgan fingerprint density at radius 1 is 1.38 bits per heavy atom. The molecule has 3 atom stereocenters. The maximum atomic E-state index is 3.39. The highest BCUT2D eigenvalue weighted by molar-refractivity contribution is 4.78. The SMILES string of the molecule is CCC(CCCN1CCCC(C)C1C)NC. The number of rotatable bonds is 6. The van der Waals surface area contributed by atoms with Crippen LogP contribution in [0, 0.1) is 5.92 Å². The fraction of sp³-hybridized carbons (Fsp3) is 1.00. The summed E-state index contributed by atoms with van der Waals surface area (Å²) in [4.78, 5) is 2.69. The summed E-state index contributed by atoms with van der Waals surface area (Å²) >= 11 is 0. The third-order valence-electron chi connectivity index (χ3n) is 4.40. The van der Waals surface area contributed by atoms with Crippen LogP contribution in [0.2, 0.25) is 0 Å². The second kappa shape index (κ2) is 7.29. The Morgan fingerprint density at radius 3 is 2.75 bits per heavy atom. The van der Waals surface area contributed by atoms with E-state index >= 15 is 0 Å². The zero-order chi connectivity index (χ0) is 12.0. The van der Waals surface area contributed by atoms with Gasteiger partial charge in [-0.1, -0.05) is 13.8 Å². The van der Waals surface area contributed by atoms with Crippen LogP contribution in [0.3, 0.4) is 0 Å². The molecule has 0 bridgehead atoms. The molecule has 1 fully saturated rings. The highest BCUT2D eigenvalue weighted by Gasteiger charge is 2.23. The quantitative estimate of drug-likeness (QED) is 0.749. The van der Waals surface area contributed by atoms with Crippen molar-refractivity contribution >= 4 is 0 Å². The van der Waals surface area contributed by atoms with Gasteiger partial charge in [-0.25, -0.2) is 0 Å². The van der Waals surface area contributed by atoms with Gasteiger partial charge >= 0.3 is 0 Å². The smallest absolute Gasteiger partial charge is 0.00925 e. The average Bonchev–Trinajstić information content (AvgIpc) is 2.30. The molecule has 1 rings (SSSR count). The Balaban J connectivity index is 2.21. The van der Waals surface area contributed by atoms with E-state index in [0.717, 1.165) is 18.0 Å². The summed E-state index contributed by atoms with van der Waals surface area (Å²) in [7, 11) is 2.08. The second-order valence-electron chi connectivity index (χ2n) is 5.43. The molecule has 0 saturated carbocycles. The molecule has 1 heterocycles. The van der Waals surface area contributed by atoms with Crippen LogP contribution in [0.4, 0.5) is 0 Å². The number of hydrogen-bond acceptors (Lipinski definition) is 2. The predicted molar refractivity (Wildman–Crippen MR) is 71.8 cm³/mol. The molecule has 0 aromatic heterocycles. The molecule has 1 N–H and O–H groups in total. The molecule has 2 nitrogen and oxygen atoms in total. The van der Waals surface area contributed by atoms with E-state index in [1.807, 2.05) is 0 Å². The molecule has 0 radical (unpaired) electrons. The van der Waals surface area contributed by atoms with Crippen LogP contribution in [-0.2, 0) is 0 Å². The summed E-state index contributed by atoms with van der Waals surface area (Å²) in [6.45, 7) is 9.69. The van der Waals surface area contributed by atoms with Gasteiger partial charge in [0.25, 0.3) is 0 Å². The number of nitrogens with zero attached hydrogens (tertiary/aromatic N) is 1. The largest absolute Gasteiger partial charge is 0.317 e. The summed E-state index contributed by atoms with van der Waals surface area (Å²) < 4.78 is 0. The average molecular weight is 226 g/mol. The van der Waals surface area contributed by atoms with Crippen LogP contribution >= 0.6 is 0 Å². The standard InChI is InChI=1S/C14H30N2/c1-5-14(15-4)9-7-11-16-10-6-8-12(2)13(16)3/h12-15H,5-11H2,1-4H3. The normalized spacial score (nSPS) is 29.2. The monoisotopic (exact) mass is 226 g/mol. The maximum absolute atomic E-state index is 3.39. The van der Waals surface area contributed by atoms with Gasteiger partial charge in [0.15, 0.2) is 0 Å². The maximum Gasteiger partial charge on any atom is 0.00925 e. The van der Waals surface area contributed by atoms with Crippen LogP contribution in [0.25, 0.3) is 0 Å². The first-order valence-corrected chi connectivity index (χ1v) is 7.10. The second-order valence-corrected chi connectivity index (χ2v) is 5.43. The Kier molecular flexibility index (Phi) is 6.37. The van der Waals surface area contributed by atoms with Crippen molar-refractivity contribution in [1.82, 2.24) is 10.2 Å². The fourth-order valence-electron chi connectivity index (χ4n) is 2.83. The van der Waals surface area contributed by atoms with E-state index in [4.69, 9.17) is 0 Å². The summed E-state index contributed by atoms with van der Waals surface area (Å²) in [5, 5.41) is 3.39. The van der Waals surface area contributed by atoms with E-state index in [1.165, 1.54) is 45.2 Å².